The van der Waals surface area contributed by atoms with Crippen molar-refractivity contribution in [1.29, 1.82) is 5.26 Å². The van der Waals surface area contributed by atoms with Gasteiger partial charge in [-0.1, -0.05) is 13.8 Å². The summed E-state index contributed by atoms with van der Waals surface area (Å²) >= 11 is 1.67. The zero-order chi connectivity index (χ0) is 10.4. The normalized spacial score (nSPS) is 10.1. The summed E-state index contributed by atoms with van der Waals surface area (Å²) in [4.78, 5) is 4.19. The quantitative estimate of drug-likeness (QED) is 0.710. The third kappa shape index (κ3) is 3.39. The van der Waals surface area contributed by atoms with Crippen molar-refractivity contribution in [2.75, 3.05) is 5.75 Å². The molecule has 0 radical (unpaired) electrons. The van der Waals surface area contributed by atoms with E-state index >= 15 is 0 Å². The lowest BCUT2D eigenvalue weighted by atomic mass is 10.2. The summed E-state index contributed by atoms with van der Waals surface area (Å²) in [7, 11) is 0. The summed E-state index contributed by atoms with van der Waals surface area (Å²) in [5.74, 6) is 1.74. The van der Waals surface area contributed by atoms with E-state index < -0.39 is 0 Å². The minimum absolute atomic E-state index is 0.682. The molecule has 0 aliphatic heterocycles. The molecule has 3 heteroatoms. The van der Waals surface area contributed by atoms with Crippen LogP contribution < -0.4 is 0 Å². The lowest BCUT2D eigenvalue weighted by Gasteiger charge is -2.04. The highest BCUT2D eigenvalue weighted by atomic mass is 32.2. The van der Waals surface area contributed by atoms with E-state index in [4.69, 9.17) is 5.26 Å². The maximum absolute atomic E-state index is 8.82. The number of aromatic nitrogens is 1. The second kappa shape index (κ2) is 5.66. The second-order valence-corrected chi connectivity index (χ2v) is 4.58. The van der Waals surface area contributed by atoms with Crippen molar-refractivity contribution in [2.24, 2.45) is 5.92 Å². The van der Waals surface area contributed by atoms with Crippen molar-refractivity contribution >= 4 is 11.8 Å². The van der Waals surface area contributed by atoms with E-state index in [0.717, 1.165) is 17.2 Å². The van der Waals surface area contributed by atoms with E-state index in [1.807, 2.05) is 6.07 Å². The molecule has 2 nitrogen and oxygen atoms in total. The number of hydrogen-bond acceptors (Lipinski definition) is 3. The molecule has 1 aromatic heterocycles. The van der Waals surface area contributed by atoms with Crippen LogP contribution in [-0.4, -0.2) is 10.7 Å². The highest BCUT2D eigenvalue weighted by molar-refractivity contribution is 7.99. The highest BCUT2D eigenvalue weighted by Crippen LogP contribution is 2.21. The fourth-order valence-corrected chi connectivity index (χ4v) is 2.17. The average molecular weight is 206 g/mol. The molecule has 0 amide bonds. The van der Waals surface area contributed by atoms with E-state index in [2.05, 4.69) is 24.9 Å². The molecule has 0 fully saturated rings. The molecule has 1 aromatic rings. The van der Waals surface area contributed by atoms with Gasteiger partial charge in [0.25, 0.3) is 0 Å². The number of rotatable bonds is 4. The maximum atomic E-state index is 8.82. The molecule has 0 N–H and O–H groups in total. The van der Waals surface area contributed by atoms with Gasteiger partial charge in [0, 0.05) is 6.20 Å². The van der Waals surface area contributed by atoms with E-state index in [0.29, 0.717) is 11.5 Å². The maximum Gasteiger partial charge on any atom is 0.114 e. The molecule has 74 valence electrons. The molecule has 0 saturated heterocycles. The molecule has 0 unspecified atom stereocenters. The first-order valence-corrected chi connectivity index (χ1v) is 5.70. The molecule has 14 heavy (non-hydrogen) atoms. The Balaban J connectivity index is 2.54. The Hall–Kier alpha value is -1.01. The van der Waals surface area contributed by atoms with Gasteiger partial charge in [0.2, 0.25) is 0 Å². The molecular formula is C11H14N2S. The molecule has 0 bridgehead atoms. The molecular weight excluding hydrogens is 192 g/mol. The molecule has 1 rings (SSSR count). The van der Waals surface area contributed by atoms with Crippen molar-refractivity contribution in [1.82, 2.24) is 4.98 Å². The zero-order valence-electron chi connectivity index (χ0n) is 8.53. The predicted molar refractivity (Wildman–Crippen MR) is 59.1 cm³/mol. The van der Waals surface area contributed by atoms with Crippen molar-refractivity contribution in [3.8, 4) is 6.07 Å². The minimum atomic E-state index is 0.682. The Morgan fingerprint density at radius 1 is 1.57 bits per heavy atom. The second-order valence-electron chi connectivity index (χ2n) is 3.50. The summed E-state index contributed by atoms with van der Waals surface area (Å²) in [6.45, 7) is 4.40. The van der Waals surface area contributed by atoms with Gasteiger partial charge in [-0.3, -0.25) is 0 Å². The van der Waals surface area contributed by atoms with E-state index in [9.17, 15) is 0 Å². The first kappa shape index (κ1) is 11.1. The SMILES string of the molecule is CC(C)CCSc1ncccc1C#N. The van der Waals surface area contributed by atoms with Gasteiger partial charge >= 0.3 is 0 Å². The van der Waals surface area contributed by atoms with Gasteiger partial charge in [0.15, 0.2) is 0 Å². The third-order valence-corrected chi connectivity index (χ3v) is 2.86. The van der Waals surface area contributed by atoms with Gasteiger partial charge in [-0.15, -0.1) is 11.8 Å². The molecule has 0 aliphatic carbocycles. The van der Waals surface area contributed by atoms with Crippen LogP contribution in [0, 0.1) is 17.2 Å². The van der Waals surface area contributed by atoms with Gasteiger partial charge in [-0.2, -0.15) is 5.26 Å². The van der Waals surface area contributed by atoms with Crippen LogP contribution in [0.1, 0.15) is 25.8 Å². The van der Waals surface area contributed by atoms with Crippen molar-refractivity contribution in [2.45, 2.75) is 25.3 Å². The number of hydrogen-bond donors (Lipinski definition) is 0. The first-order valence-electron chi connectivity index (χ1n) is 4.72. The van der Waals surface area contributed by atoms with Crippen LogP contribution in [0.2, 0.25) is 0 Å². The van der Waals surface area contributed by atoms with Gasteiger partial charge in [-0.05, 0) is 30.2 Å². The fourth-order valence-electron chi connectivity index (χ4n) is 0.982. The zero-order valence-corrected chi connectivity index (χ0v) is 9.34. The van der Waals surface area contributed by atoms with Crippen molar-refractivity contribution in [3.05, 3.63) is 23.9 Å². The number of pyridine rings is 1. The van der Waals surface area contributed by atoms with E-state index in [1.54, 1.807) is 24.0 Å². The Bertz CT molecular complexity index is 328. The first-order chi connectivity index (χ1) is 6.74. The van der Waals surface area contributed by atoms with Gasteiger partial charge < -0.3 is 0 Å². The van der Waals surface area contributed by atoms with Crippen LogP contribution in [0.15, 0.2) is 23.4 Å². The Morgan fingerprint density at radius 3 is 3.00 bits per heavy atom. The summed E-state index contributed by atoms with van der Waals surface area (Å²) in [6.07, 6.45) is 2.89. The number of nitriles is 1. The Kier molecular flexibility index (Phi) is 4.48. The van der Waals surface area contributed by atoms with E-state index in [-0.39, 0.29) is 0 Å². The molecule has 1 heterocycles. The molecule has 0 saturated carbocycles. The van der Waals surface area contributed by atoms with Gasteiger partial charge in [0.05, 0.1) is 5.56 Å². The monoisotopic (exact) mass is 206 g/mol. The number of thioether (sulfide) groups is 1. The Labute approximate surface area is 89.4 Å². The summed E-state index contributed by atoms with van der Waals surface area (Å²) < 4.78 is 0. The summed E-state index contributed by atoms with van der Waals surface area (Å²) in [5.41, 5.74) is 0.682. The number of nitrogens with zero attached hydrogens (tertiary/aromatic N) is 2. The average Bonchev–Trinajstić information content (AvgIpc) is 2.18. The Morgan fingerprint density at radius 2 is 2.36 bits per heavy atom. The van der Waals surface area contributed by atoms with Crippen LogP contribution in [0.4, 0.5) is 0 Å². The molecule has 0 aromatic carbocycles. The van der Waals surface area contributed by atoms with Crippen LogP contribution >= 0.6 is 11.8 Å². The topological polar surface area (TPSA) is 36.7 Å². The fraction of sp³-hybridized carbons (Fsp3) is 0.455. The van der Waals surface area contributed by atoms with Gasteiger partial charge in [0.1, 0.15) is 11.1 Å². The van der Waals surface area contributed by atoms with Crippen LogP contribution in [0.5, 0.6) is 0 Å². The van der Waals surface area contributed by atoms with Crippen LogP contribution in [0.25, 0.3) is 0 Å². The van der Waals surface area contributed by atoms with E-state index in [1.165, 1.54) is 0 Å². The molecule has 0 aliphatic rings. The van der Waals surface area contributed by atoms with Crippen LogP contribution in [-0.2, 0) is 0 Å². The van der Waals surface area contributed by atoms with Crippen molar-refractivity contribution < 1.29 is 0 Å². The predicted octanol–water partition coefficient (Wildman–Crippen LogP) is 3.09. The molecule has 0 spiro atoms. The summed E-state index contributed by atoms with van der Waals surface area (Å²) in [5, 5.41) is 9.68. The van der Waals surface area contributed by atoms with Crippen molar-refractivity contribution in [3.63, 3.8) is 0 Å². The standard InChI is InChI=1S/C11H14N2S/c1-9(2)5-7-14-11-10(8-12)4-3-6-13-11/h3-4,6,9H,5,7H2,1-2H3. The largest absolute Gasteiger partial charge is 0.249 e. The highest BCUT2D eigenvalue weighted by Gasteiger charge is 2.03. The smallest absolute Gasteiger partial charge is 0.114 e. The lowest BCUT2D eigenvalue weighted by Crippen LogP contribution is -1.92. The molecule has 0 atom stereocenters. The van der Waals surface area contributed by atoms with Crippen LogP contribution in [0.3, 0.4) is 0 Å². The van der Waals surface area contributed by atoms with Gasteiger partial charge in [-0.25, -0.2) is 4.98 Å². The lowest BCUT2D eigenvalue weighted by molar-refractivity contribution is 0.632. The summed E-state index contributed by atoms with van der Waals surface area (Å²) in [6, 6.07) is 5.76. The minimum Gasteiger partial charge on any atom is -0.249 e. The third-order valence-electron chi connectivity index (χ3n) is 1.83.